The van der Waals surface area contributed by atoms with Crippen LogP contribution in [0.4, 0.5) is 11.5 Å². The second-order valence-electron chi connectivity index (χ2n) is 5.74. The van der Waals surface area contributed by atoms with E-state index in [9.17, 15) is 5.26 Å². The Kier molecular flexibility index (Phi) is 4.50. The summed E-state index contributed by atoms with van der Waals surface area (Å²) in [6, 6.07) is 17.7. The summed E-state index contributed by atoms with van der Waals surface area (Å²) in [5, 5.41) is 13.4. The van der Waals surface area contributed by atoms with Gasteiger partial charge in [0.1, 0.15) is 11.9 Å². The first-order chi connectivity index (χ1) is 11.5. The van der Waals surface area contributed by atoms with Crippen molar-refractivity contribution in [1.29, 1.82) is 5.26 Å². The van der Waals surface area contributed by atoms with Crippen molar-refractivity contribution in [3.05, 3.63) is 76.4 Å². The molecular weight excluding hydrogens is 318 g/mol. The van der Waals surface area contributed by atoms with E-state index in [-0.39, 0.29) is 0 Å². The van der Waals surface area contributed by atoms with Crippen molar-refractivity contribution in [3.63, 3.8) is 0 Å². The normalized spacial score (nSPS) is 10.2. The molecular formula is C20H16ClN3. The first kappa shape index (κ1) is 16.0. The Labute approximate surface area is 146 Å². The number of halogens is 1. The van der Waals surface area contributed by atoms with Gasteiger partial charge in [-0.2, -0.15) is 5.26 Å². The van der Waals surface area contributed by atoms with Crippen molar-refractivity contribution in [1.82, 2.24) is 4.98 Å². The average molecular weight is 334 g/mol. The number of anilines is 2. The van der Waals surface area contributed by atoms with E-state index in [1.54, 1.807) is 6.20 Å². The van der Waals surface area contributed by atoms with Gasteiger partial charge in [0.2, 0.25) is 0 Å². The van der Waals surface area contributed by atoms with Crippen LogP contribution in [-0.4, -0.2) is 4.98 Å². The van der Waals surface area contributed by atoms with E-state index in [1.165, 1.54) is 0 Å². The quantitative estimate of drug-likeness (QED) is 0.675. The fraction of sp³-hybridized carbons (Fsp3) is 0.100. The molecule has 3 rings (SSSR count). The number of pyridine rings is 1. The molecule has 0 aliphatic heterocycles. The van der Waals surface area contributed by atoms with Crippen LogP contribution in [0.5, 0.6) is 0 Å². The van der Waals surface area contributed by atoms with Gasteiger partial charge in [0.25, 0.3) is 0 Å². The van der Waals surface area contributed by atoms with E-state index in [2.05, 4.69) is 22.4 Å². The molecule has 3 nitrogen and oxygen atoms in total. The smallest absolute Gasteiger partial charge is 0.148 e. The molecule has 0 spiro atoms. The fourth-order valence-corrected chi connectivity index (χ4v) is 2.85. The van der Waals surface area contributed by atoms with Gasteiger partial charge in [-0.1, -0.05) is 29.8 Å². The highest BCUT2D eigenvalue weighted by atomic mass is 35.5. The molecule has 0 saturated carbocycles. The molecule has 3 aromatic rings. The zero-order valence-corrected chi connectivity index (χ0v) is 14.2. The van der Waals surface area contributed by atoms with Gasteiger partial charge in [-0.3, -0.25) is 0 Å². The second-order valence-corrected chi connectivity index (χ2v) is 6.18. The molecule has 0 bridgehead atoms. The van der Waals surface area contributed by atoms with E-state index in [1.807, 2.05) is 56.3 Å². The lowest BCUT2D eigenvalue weighted by Gasteiger charge is -2.11. The molecule has 1 aromatic heterocycles. The maximum Gasteiger partial charge on any atom is 0.148 e. The minimum absolute atomic E-state index is 0.492. The van der Waals surface area contributed by atoms with Crippen molar-refractivity contribution < 1.29 is 0 Å². The number of nitrogens with zero attached hydrogens (tertiary/aromatic N) is 2. The van der Waals surface area contributed by atoms with Gasteiger partial charge in [0, 0.05) is 22.5 Å². The molecule has 0 saturated heterocycles. The van der Waals surface area contributed by atoms with E-state index in [0.29, 0.717) is 16.4 Å². The summed E-state index contributed by atoms with van der Waals surface area (Å²) in [5.41, 5.74) is 5.53. The minimum atomic E-state index is 0.492. The predicted octanol–water partition coefficient (Wildman–Crippen LogP) is 5.63. The number of rotatable bonds is 3. The number of aryl methyl sites for hydroxylation is 2. The van der Waals surface area contributed by atoms with Crippen LogP contribution in [0.15, 0.2) is 54.7 Å². The minimum Gasteiger partial charge on any atom is -0.339 e. The molecule has 2 aromatic carbocycles. The SMILES string of the molecule is Cc1cc(C)cc(Nc2ncc(-c3cccc(Cl)c3)cc2C#N)c1. The Morgan fingerprint density at radius 2 is 1.75 bits per heavy atom. The van der Waals surface area contributed by atoms with E-state index in [0.717, 1.165) is 27.9 Å². The first-order valence-corrected chi connectivity index (χ1v) is 7.94. The molecule has 1 N–H and O–H groups in total. The van der Waals surface area contributed by atoms with Crippen LogP contribution in [0.2, 0.25) is 5.02 Å². The largest absolute Gasteiger partial charge is 0.339 e. The monoisotopic (exact) mass is 333 g/mol. The summed E-state index contributed by atoms with van der Waals surface area (Å²) in [6.45, 7) is 4.08. The third kappa shape index (κ3) is 3.56. The summed E-state index contributed by atoms with van der Waals surface area (Å²) in [6.07, 6.45) is 1.75. The molecule has 0 radical (unpaired) electrons. The van der Waals surface area contributed by atoms with E-state index >= 15 is 0 Å². The maximum atomic E-state index is 9.48. The molecule has 0 atom stereocenters. The third-order valence-electron chi connectivity index (χ3n) is 3.65. The summed E-state index contributed by atoms with van der Waals surface area (Å²) >= 11 is 6.04. The van der Waals surface area contributed by atoms with Crippen LogP contribution in [0.1, 0.15) is 16.7 Å². The van der Waals surface area contributed by atoms with Gasteiger partial charge in [0.15, 0.2) is 0 Å². The van der Waals surface area contributed by atoms with Crippen LogP contribution >= 0.6 is 11.6 Å². The van der Waals surface area contributed by atoms with E-state index in [4.69, 9.17) is 11.6 Å². The number of benzene rings is 2. The van der Waals surface area contributed by atoms with Crippen molar-refractivity contribution >= 4 is 23.1 Å². The number of aromatic nitrogens is 1. The van der Waals surface area contributed by atoms with Gasteiger partial charge < -0.3 is 5.32 Å². The van der Waals surface area contributed by atoms with Gasteiger partial charge in [0.05, 0.1) is 5.56 Å². The zero-order chi connectivity index (χ0) is 17.1. The lowest BCUT2D eigenvalue weighted by molar-refractivity contribution is 1.28. The number of hydrogen-bond donors (Lipinski definition) is 1. The predicted molar refractivity (Wildman–Crippen MR) is 98.6 cm³/mol. The summed E-state index contributed by atoms with van der Waals surface area (Å²) < 4.78 is 0. The van der Waals surface area contributed by atoms with Crippen molar-refractivity contribution in [2.45, 2.75) is 13.8 Å². The first-order valence-electron chi connectivity index (χ1n) is 7.56. The topological polar surface area (TPSA) is 48.7 Å². The highest BCUT2D eigenvalue weighted by molar-refractivity contribution is 6.30. The fourth-order valence-electron chi connectivity index (χ4n) is 2.66. The van der Waals surface area contributed by atoms with Gasteiger partial charge in [-0.05, 0) is 60.9 Å². The summed E-state index contributed by atoms with van der Waals surface area (Å²) in [4.78, 5) is 4.43. The van der Waals surface area contributed by atoms with Crippen LogP contribution in [-0.2, 0) is 0 Å². The lowest BCUT2D eigenvalue weighted by atomic mass is 10.1. The third-order valence-corrected chi connectivity index (χ3v) is 3.89. The van der Waals surface area contributed by atoms with Crippen LogP contribution in [0.25, 0.3) is 11.1 Å². The molecule has 4 heteroatoms. The molecule has 1 heterocycles. The van der Waals surface area contributed by atoms with Crippen LogP contribution in [0, 0.1) is 25.2 Å². The highest BCUT2D eigenvalue weighted by Gasteiger charge is 2.08. The number of hydrogen-bond acceptors (Lipinski definition) is 3. The van der Waals surface area contributed by atoms with Crippen LogP contribution in [0.3, 0.4) is 0 Å². The van der Waals surface area contributed by atoms with Gasteiger partial charge in [-0.25, -0.2) is 4.98 Å². The average Bonchev–Trinajstić information content (AvgIpc) is 2.54. The molecule has 0 aliphatic carbocycles. The Hall–Kier alpha value is -2.83. The Morgan fingerprint density at radius 1 is 1.00 bits per heavy atom. The van der Waals surface area contributed by atoms with Crippen molar-refractivity contribution in [3.8, 4) is 17.2 Å². The van der Waals surface area contributed by atoms with Gasteiger partial charge in [-0.15, -0.1) is 0 Å². The number of nitrogens with one attached hydrogen (secondary N) is 1. The maximum absolute atomic E-state index is 9.48. The molecule has 0 unspecified atom stereocenters. The van der Waals surface area contributed by atoms with E-state index < -0.39 is 0 Å². The molecule has 0 fully saturated rings. The van der Waals surface area contributed by atoms with Crippen molar-refractivity contribution in [2.75, 3.05) is 5.32 Å². The Bertz CT molecular complexity index is 922. The molecule has 24 heavy (non-hydrogen) atoms. The molecule has 0 amide bonds. The Balaban J connectivity index is 1.97. The van der Waals surface area contributed by atoms with Gasteiger partial charge >= 0.3 is 0 Å². The summed E-state index contributed by atoms with van der Waals surface area (Å²) in [5.74, 6) is 0.549. The zero-order valence-electron chi connectivity index (χ0n) is 13.5. The summed E-state index contributed by atoms with van der Waals surface area (Å²) in [7, 11) is 0. The standard InChI is InChI=1S/C20H16ClN3/c1-13-6-14(2)8-19(7-13)24-20-16(11-22)9-17(12-23-20)15-4-3-5-18(21)10-15/h3-10,12H,1-2H3,(H,23,24). The van der Waals surface area contributed by atoms with Crippen LogP contribution < -0.4 is 5.32 Å². The lowest BCUT2D eigenvalue weighted by Crippen LogP contribution is -1.98. The molecule has 0 aliphatic rings. The Morgan fingerprint density at radius 3 is 2.42 bits per heavy atom. The highest BCUT2D eigenvalue weighted by Crippen LogP contribution is 2.27. The van der Waals surface area contributed by atoms with Crippen molar-refractivity contribution in [2.24, 2.45) is 0 Å². The molecule has 118 valence electrons. The number of nitriles is 1. The second kappa shape index (κ2) is 6.74.